The van der Waals surface area contributed by atoms with Gasteiger partial charge in [-0.1, -0.05) is 11.6 Å². The second-order valence-electron chi connectivity index (χ2n) is 4.91. The normalized spacial score (nSPS) is 11.3. The predicted octanol–water partition coefficient (Wildman–Crippen LogP) is 2.49. The molecule has 1 atom stereocenters. The average molecular weight is 332 g/mol. The van der Waals surface area contributed by atoms with Gasteiger partial charge in [-0.15, -0.1) is 0 Å². The highest BCUT2D eigenvalue weighted by Crippen LogP contribution is 2.20. The third-order valence-corrected chi connectivity index (χ3v) is 3.26. The summed E-state index contributed by atoms with van der Waals surface area (Å²) in [4.78, 5) is 23.8. The molecule has 0 saturated carbocycles. The molecule has 2 aromatic rings. The van der Waals surface area contributed by atoms with Crippen LogP contribution < -0.4 is 10.6 Å². The van der Waals surface area contributed by atoms with E-state index in [9.17, 15) is 9.59 Å². The first kappa shape index (κ1) is 16.6. The Kier molecular flexibility index (Phi) is 5.39. The van der Waals surface area contributed by atoms with Crippen LogP contribution in [0.3, 0.4) is 0 Å². The predicted molar refractivity (Wildman–Crippen MR) is 84.8 cm³/mol. The Hall–Kier alpha value is -2.78. The first-order valence-electron chi connectivity index (χ1n) is 6.83. The summed E-state index contributed by atoms with van der Waals surface area (Å²) in [7, 11) is 0. The van der Waals surface area contributed by atoms with Crippen LogP contribution in [0.2, 0.25) is 5.02 Å². The zero-order chi connectivity index (χ0) is 16.8. The molecule has 0 bridgehead atoms. The van der Waals surface area contributed by atoms with Crippen molar-refractivity contribution in [3.63, 3.8) is 0 Å². The van der Waals surface area contributed by atoms with Crippen LogP contribution in [0.15, 0.2) is 41.0 Å². The number of amides is 2. The molecule has 0 radical (unpaired) electrons. The molecule has 7 heteroatoms. The highest BCUT2D eigenvalue weighted by atomic mass is 35.5. The lowest BCUT2D eigenvalue weighted by Crippen LogP contribution is -2.41. The smallest absolute Gasteiger partial charge is 0.313 e. The zero-order valence-corrected chi connectivity index (χ0v) is 13.1. The van der Waals surface area contributed by atoms with E-state index >= 15 is 0 Å². The number of benzene rings is 1. The highest BCUT2D eigenvalue weighted by Gasteiger charge is 2.18. The van der Waals surface area contributed by atoms with Crippen LogP contribution in [0.25, 0.3) is 0 Å². The van der Waals surface area contributed by atoms with Crippen molar-refractivity contribution in [1.29, 1.82) is 5.26 Å². The van der Waals surface area contributed by atoms with Crippen LogP contribution in [0, 0.1) is 11.3 Å². The summed E-state index contributed by atoms with van der Waals surface area (Å²) < 4.78 is 5.18. The summed E-state index contributed by atoms with van der Waals surface area (Å²) in [5, 5.41) is 14.3. The van der Waals surface area contributed by atoms with E-state index in [1.165, 1.54) is 18.2 Å². The first-order valence-corrected chi connectivity index (χ1v) is 7.21. The number of halogens is 1. The molecule has 1 heterocycles. The Bertz CT molecular complexity index is 750. The molecule has 1 aromatic carbocycles. The van der Waals surface area contributed by atoms with Crippen molar-refractivity contribution in [2.24, 2.45) is 0 Å². The number of nitrogens with zero attached hydrogens (tertiary/aromatic N) is 1. The SMILES string of the molecule is C[C@H](Cc1ccco1)NC(=O)C(=O)Nc1cc(Cl)ccc1C#N. The van der Waals surface area contributed by atoms with Crippen molar-refractivity contribution in [2.75, 3.05) is 5.32 Å². The van der Waals surface area contributed by atoms with Gasteiger partial charge in [-0.05, 0) is 37.3 Å². The lowest BCUT2D eigenvalue weighted by Gasteiger charge is -2.13. The van der Waals surface area contributed by atoms with E-state index in [1.54, 1.807) is 25.3 Å². The fraction of sp³-hybridized carbons (Fsp3) is 0.188. The number of anilines is 1. The van der Waals surface area contributed by atoms with Crippen molar-refractivity contribution in [3.8, 4) is 6.07 Å². The lowest BCUT2D eigenvalue weighted by atomic mass is 10.2. The van der Waals surface area contributed by atoms with Crippen molar-refractivity contribution >= 4 is 29.1 Å². The molecule has 0 aliphatic rings. The second-order valence-corrected chi connectivity index (χ2v) is 5.35. The quantitative estimate of drug-likeness (QED) is 0.841. The van der Waals surface area contributed by atoms with Crippen molar-refractivity contribution in [2.45, 2.75) is 19.4 Å². The number of hydrogen-bond donors (Lipinski definition) is 2. The van der Waals surface area contributed by atoms with Gasteiger partial charge in [0.2, 0.25) is 0 Å². The van der Waals surface area contributed by atoms with Crippen molar-refractivity contribution < 1.29 is 14.0 Å². The molecule has 0 unspecified atom stereocenters. The molecule has 2 rings (SSSR count). The van der Waals surface area contributed by atoms with Crippen LogP contribution in [-0.2, 0) is 16.0 Å². The molecule has 0 spiro atoms. The number of nitriles is 1. The molecular weight excluding hydrogens is 318 g/mol. The molecule has 0 aliphatic heterocycles. The molecule has 118 valence electrons. The van der Waals surface area contributed by atoms with Gasteiger partial charge < -0.3 is 15.1 Å². The molecule has 2 amide bonds. The monoisotopic (exact) mass is 331 g/mol. The Balaban J connectivity index is 1.96. The van der Waals surface area contributed by atoms with Gasteiger partial charge in [0, 0.05) is 17.5 Å². The van der Waals surface area contributed by atoms with Gasteiger partial charge in [0.25, 0.3) is 0 Å². The lowest BCUT2D eigenvalue weighted by molar-refractivity contribution is -0.136. The summed E-state index contributed by atoms with van der Waals surface area (Å²) in [6.07, 6.45) is 2.01. The minimum absolute atomic E-state index is 0.193. The molecule has 2 N–H and O–H groups in total. The molecule has 0 aliphatic carbocycles. The molecule has 1 aromatic heterocycles. The van der Waals surface area contributed by atoms with Crippen molar-refractivity contribution in [3.05, 3.63) is 52.9 Å². The number of carbonyl (C=O) groups is 2. The fourth-order valence-corrected chi connectivity index (χ4v) is 2.14. The van der Waals surface area contributed by atoms with Gasteiger partial charge in [-0.2, -0.15) is 5.26 Å². The number of rotatable bonds is 4. The minimum Gasteiger partial charge on any atom is -0.469 e. The van der Waals surface area contributed by atoms with E-state index in [-0.39, 0.29) is 17.3 Å². The van der Waals surface area contributed by atoms with Crippen LogP contribution in [-0.4, -0.2) is 17.9 Å². The average Bonchev–Trinajstić information content (AvgIpc) is 3.00. The summed E-state index contributed by atoms with van der Waals surface area (Å²) in [6, 6.07) is 9.58. The minimum atomic E-state index is -0.866. The molecule has 0 saturated heterocycles. The van der Waals surface area contributed by atoms with Crippen LogP contribution in [0.1, 0.15) is 18.2 Å². The van der Waals surface area contributed by atoms with Gasteiger partial charge >= 0.3 is 11.8 Å². The Morgan fingerprint density at radius 2 is 2.13 bits per heavy atom. The number of furan rings is 1. The maximum absolute atomic E-state index is 11.9. The Labute approximate surface area is 138 Å². The second kappa shape index (κ2) is 7.47. The van der Waals surface area contributed by atoms with E-state index < -0.39 is 11.8 Å². The van der Waals surface area contributed by atoms with E-state index in [1.807, 2.05) is 6.07 Å². The maximum Gasteiger partial charge on any atom is 0.313 e. The molecule has 23 heavy (non-hydrogen) atoms. The van der Waals surface area contributed by atoms with Crippen LogP contribution >= 0.6 is 11.6 Å². The molecule has 6 nitrogen and oxygen atoms in total. The standard InChI is InChI=1S/C16H14ClN3O3/c1-10(7-13-3-2-6-23-13)19-15(21)16(22)20-14-8-12(17)5-4-11(14)9-18/h2-6,8,10H,7H2,1H3,(H,19,21)(H,20,22)/t10-/m1/s1. The summed E-state index contributed by atoms with van der Waals surface area (Å²) in [5.41, 5.74) is 0.415. The van der Waals surface area contributed by atoms with Gasteiger partial charge in [-0.3, -0.25) is 9.59 Å². The third-order valence-electron chi connectivity index (χ3n) is 3.02. The molecule has 0 fully saturated rings. The third kappa shape index (κ3) is 4.59. The zero-order valence-electron chi connectivity index (χ0n) is 12.3. The van der Waals surface area contributed by atoms with E-state index in [2.05, 4.69) is 10.6 Å². The number of carbonyl (C=O) groups excluding carboxylic acids is 2. The van der Waals surface area contributed by atoms with E-state index in [4.69, 9.17) is 21.3 Å². The summed E-state index contributed by atoms with van der Waals surface area (Å²) in [6.45, 7) is 1.76. The summed E-state index contributed by atoms with van der Waals surface area (Å²) in [5.74, 6) is -0.956. The maximum atomic E-state index is 11.9. The van der Waals surface area contributed by atoms with Gasteiger partial charge in [-0.25, -0.2) is 0 Å². The van der Waals surface area contributed by atoms with E-state index in [0.717, 1.165) is 0 Å². The first-order chi connectivity index (χ1) is 11.0. The fourth-order valence-electron chi connectivity index (χ4n) is 1.97. The summed E-state index contributed by atoms with van der Waals surface area (Å²) >= 11 is 5.83. The topological polar surface area (TPSA) is 95.1 Å². The van der Waals surface area contributed by atoms with Gasteiger partial charge in [0.15, 0.2) is 0 Å². The largest absolute Gasteiger partial charge is 0.469 e. The number of nitrogens with one attached hydrogen (secondary N) is 2. The Morgan fingerprint density at radius 1 is 1.35 bits per heavy atom. The van der Waals surface area contributed by atoms with Gasteiger partial charge in [0.1, 0.15) is 11.8 Å². The van der Waals surface area contributed by atoms with Gasteiger partial charge in [0.05, 0.1) is 17.5 Å². The Morgan fingerprint density at radius 3 is 2.78 bits per heavy atom. The number of hydrogen-bond acceptors (Lipinski definition) is 4. The van der Waals surface area contributed by atoms with Crippen LogP contribution in [0.4, 0.5) is 5.69 Å². The van der Waals surface area contributed by atoms with E-state index in [0.29, 0.717) is 17.2 Å². The highest BCUT2D eigenvalue weighted by molar-refractivity contribution is 6.40. The molecular formula is C16H14ClN3O3. The van der Waals surface area contributed by atoms with Crippen molar-refractivity contribution in [1.82, 2.24) is 5.32 Å². The van der Waals surface area contributed by atoms with Crippen LogP contribution in [0.5, 0.6) is 0 Å².